The van der Waals surface area contributed by atoms with E-state index in [4.69, 9.17) is 9.47 Å². The second kappa shape index (κ2) is 6.45. The van der Waals surface area contributed by atoms with Crippen molar-refractivity contribution < 1.29 is 14.3 Å². The van der Waals surface area contributed by atoms with Crippen LogP contribution in [0.4, 0.5) is 0 Å². The molecule has 1 atom stereocenters. The zero-order valence-electron chi connectivity index (χ0n) is 15.4. The van der Waals surface area contributed by atoms with Crippen LogP contribution in [0, 0.1) is 11.3 Å². The number of benzene rings is 1. The number of hydrogen-bond donors (Lipinski definition) is 0. The summed E-state index contributed by atoms with van der Waals surface area (Å²) in [7, 11) is 0. The van der Waals surface area contributed by atoms with Crippen molar-refractivity contribution in [1.29, 1.82) is 0 Å². The molecule has 1 amide bonds. The molecular weight excluding hydrogens is 328 g/mol. The van der Waals surface area contributed by atoms with E-state index in [-0.39, 0.29) is 12.7 Å². The number of carbonyl (C=O) groups is 1. The van der Waals surface area contributed by atoms with Gasteiger partial charge in [0.1, 0.15) is 0 Å². The van der Waals surface area contributed by atoms with E-state index >= 15 is 0 Å². The average molecular weight is 356 g/mol. The van der Waals surface area contributed by atoms with E-state index in [9.17, 15) is 4.79 Å². The smallest absolute Gasteiger partial charge is 0.231 e. The predicted molar refractivity (Wildman–Crippen MR) is 98.3 cm³/mol. The van der Waals surface area contributed by atoms with Gasteiger partial charge in [-0.05, 0) is 62.3 Å². The Morgan fingerprint density at radius 3 is 2.88 bits per heavy atom. The Bertz CT molecular complexity index is 702. The van der Waals surface area contributed by atoms with Gasteiger partial charge in [0.2, 0.25) is 12.7 Å². The van der Waals surface area contributed by atoms with Crippen LogP contribution in [-0.4, -0.2) is 55.2 Å². The molecule has 1 saturated carbocycles. The number of likely N-dealkylation sites (tertiary alicyclic amines) is 2. The molecule has 0 bridgehead atoms. The van der Waals surface area contributed by atoms with Gasteiger partial charge < -0.3 is 19.3 Å². The number of rotatable bonds is 4. The molecule has 140 valence electrons. The number of nitrogens with zero attached hydrogens (tertiary/aromatic N) is 2. The molecule has 4 aliphatic rings. The summed E-state index contributed by atoms with van der Waals surface area (Å²) in [6.07, 6.45) is 7.03. The first-order valence-corrected chi connectivity index (χ1v) is 10.1. The van der Waals surface area contributed by atoms with Crippen molar-refractivity contribution in [2.75, 3.05) is 39.5 Å². The normalized spacial score (nSPS) is 28.1. The Kier molecular flexibility index (Phi) is 4.07. The van der Waals surface area contributed by atoms with Crippen LogP contribution in [0.2, 0.25) is 0 Å². The number of amides is 1. The van der Waals surface area contributed by atoms with Crippen molar-refractivity contribution in [2.45, 2.75) is 38.5 Å². The van der Waals surface area contributed by atoms with Gasteiger partial charge in [-0.1, -0.05) is 6.07 Å². The zero-order chi connectivity index (χ0) is 17.6. The molecule has 0 unspecified atom stereocenters. The van der Waals surface area contributed by atoms with E-state index in [1.165, 1.54) is 51.7 Å². The Hall–Kier alpha value is -1.75. The monoisotopic (exact) mass is 356 g/mol. The van der Waals surface area contributed by atoms with Crippen molar-refractivity contribution in [3.63, 3.8) is 0 Å². The van der Waals surface area contributed by atoms with Gasteiger partial charge >= 0.3 is 0 Å². The van der Waals surface area contributed by atoms with Crippen LogP contribution in [0.3, 0.4) is 0 Å². The van der Waals surface area contributed by atoms with Crippen molar-refractivity contribution in [2.24, 2.45) is 11.3 Å². The third-order valence-corrected chi connectivity index (χ3v) is 6.54. The van der Waals surface area contributed by atoms with Crippen molar-refractivity contribution >= 4 is 5.91 Å². The summed E-state index contributed by atoms with van der Waals surface area (Å²) in [4.78, 5) is 17.6. The van der Waals surface area contributed by atoms with E-state index in [1.54, 1.807) is 0 Å². The lowest BCUT2D eigenvalue weighted by molar-refractivity contribution is -0.130. The first-order chi connectivity index (χ1) is 12.7. The van der Waals surface area contributed by atoms with E-state index in [0.717, 1.165) is 36.1 Å². The maximum Gasteiger partial charge on any atom is 0.231 e. The molecule has 5 heteroatoms. The summed E-state index contributed by atoms with van der Waals surface area (Å²) in [5, 5.41) is 0. The quantitative estimate of drug-likeness (QED) is 0.832. The molecule has 5 nitrogen and oxygen atoms in total. The summed E-state index contributed by atoms with van der Waals surface area (Å²) in [6.45, 7) is 5.87. The van der Waals surface area contributed by atoms with Crippen LogP contribution in [0.1, 0.15) is 37.7 Å². The molecule has 2 saturated heterocycles. The van der Waals surface area contributed by atoms with Crippen molar-refractivity contribution in [3.05, 3.63) is 23.8 Å². The molecule has 1 aliphatic carbocycles. The summed E-state index contributed by atoms with van der Waals surface area (Å²) < 4.78 is 10.8. The number of ether oxygens (including phenoxy) is 2. The fourth-order valence-electron chi connectivity index (χ4n) is 4.95. The lowest BCUT2D eigenvalue weighted by atomic mass is 9.79. The minimum atomic E-state index is 0.250. The lowest BCUT2D eigenvalue weighted by Gasteiger charge is -2.40. The van der Waals surface area contributed by atoms with Crippen molar-refractivity contribution in [1.82, 2.24) is 9.80 Å². The van der Waals surface area contributed by atoms with Gasteiger partial charge in [0.25, 0.3) is 0 Å². The summed E-state index contributed by atoms with van der Waals surface area (Å²) >= 11 is 0. The van der Waals surface area contributed by atoms with Gasteiger partial charge in [-0.2, -0.15) is 0 Å². The molecule has 5 rings (SSSR count). The highest BCUT2D eigenvalue weighted by atomic mass is 16.7. The molecule has 0 radical (unpaired) electrons. The molecule has 0 aromatic heterocycles. The average Bonchev–Trinajstić information content (AvgIpc) is 3.16. The molecule has 26 heavy (non-hydrogen) atoms. The second-order valence-electron chi connectivity index (χ2n) is 8.71. The molecule has 1 spiro atoms. The Labute approximate surface area is 155 Å². The maximum absolute atomic E-state index is 12.9. The Morgan fingerprint density at radius 1 is 1.12 bits per heavy atom. The van der Waals surface area contributed by atoms with Crippen LogP contribution in [0.15, 0.2) is 18.2 Å². The number of fused-ring (bicyclic) bond motifs is 1. The fraction of sp³-hybridized carbons (Fsp3) is 0.667. The van der Waals surface area contributed by atoms with Gasteiger partial charge in [0.05, 0.1) is 6.42 Å². The second-order valence-corrected chi connectivity index (χ2v) is 8.71. The highest BCUT2D eigenvalue weighted by Gasteiger charge is 2.43. The maximum atomic E-state index is 12.9. The number of piperidine rings is 1. The molecule has 3 fully saturated rings. The standard InChI is InChI=1S/C21H28N2O3/c24-20(11-17-4-5-18-19(10-17)26-15-25-18)23-9-7-21(14-23)6-1-8-22(13-21)12-16-2-3-16/h4-5,10,16H,1-3,6-9,11-15H2/t21-/m0/s1. The highest BCUT2D eigenvalue weighted by Crippen LogP contribution is 2.41. The zero-order valence-corrected chi connectivity index (χ0v) is 15.4. The van der Waals surface area contributed by atoms with E-state index in [0.29, 0.717) is 11.8 Å². The Morgan fingerprint density at radius 2 is 2.00 bits per heavy atom. The molecule has 3 heterocycles. The van der Waals surface area contributed by atoms with Gasteiger partial charge in [-0.3, -0.25) is 4.79 Å². The van der Waals surface area contributed by atoms with E-state index < -0.39 is 0 Å². The summed E-state index contributed by atoms with van der Waals surface area (Å²) in [5.41, 5.74) is 1.36. The molecule has 1 aromatic rings. The fourth-order valence-corrected chi connectivity index (χ4v) is 4.95. The molecule has 1 aromatic carbocycles. The lowest BCUT2D eigenvalue weighted by Crippen LogP contribution is -2.46. The van der Waals surface area contributed by atoms with Gasteiger partial charge in [0, 0.05) is 31.6 Å². The summed E-state index contributed by atoms with van der Waals surface area (Å²) in [6, 6.07) is 5.84. The van der Waals surface area contributed by atoms with Crippen LogP contribution in [0.5, 0.6) is 11.5 Å². The third kappa shape index (κ3) is 3.29. The van der Waals surface area contributed by atoms with Crippen molar-refractivity contribution in [3.8, 4) is 11.5 Å². The first-order valence-electron chi connectivity index (χ1n) is 10.1. The summed E-state index contributed by atoms with van der Waals surface area (Å²) in [5.74, 6) is 2.74. The molecule has 0 N–H and O–H groups in total. The molecular formula is C21H28N2O3. The van der Waals surface area contributed by atoms with Gasteiger partial charge in [0.15, 0.2) is 11.5 Å². The van der Waals surface area contributed by atoms with Crippen LogP contribution < -0.4 is 9.47 Å². The Balaban J connectivity index is 1.20. The SMILES string of the molecule is O=C(Cc1ccc2c(c1)OCO2)N1CC[C@]2(CCCN(CC3CC3)C2)C1. The first kappa shape index (κ1) is 16.4. The van der Waals surface area contributed by atoms with E-state index in [1.807, 2.05) is 18.2 Å². The van der Waals surface area contributed by atoms with Gasteiger partial charge in [-0.25, -0.2) is 0 Å². The molecule has 3 aliphatic heterocycles. The number of carbonyl (C=O) groups excluding carboxylic acids is 1. The topological polar surface area (TPSA) is 42.0 Å². The number of hydrogen-bond acceptors (Lipinski definition) is 4. The largest absolute Gasteiger partial charge is 0.454 e. The minimum Gasteiger partial charge on any atom is -0.454 e. The third-order valence-electron chi connectivity index (χ3n) is 6.54. The van der Waals surface area contributed by atoms with E-state index in [2.05, 4.69) is 9.80 Å². The highest BCUT2D eigenvalue weighted by molar-refractivity contribution is 5.79. The van der Waals surface area contributed by atoms with Crippen LogP contribution in [0.25, 0.3) is 0 Å². The minimum absolute atomic E-state index is 0.250. The van der Waals surface area contributed by atoms with Crippen LogP contribution in [-0.2, 0) is 11.2 Å². The van der Waals surface area contributed by atoms with Crippen LogP contribution >= 0.6 is 0 Å². The predicted octanol–water partition coefficient (Wildman–Crippen LogP) is 2.68. The van der Waals surface area contributed by atoms with Gasteiger partial charge in [-0.15, -0.1) is 0 Å².